The maximum atomic E-state index is 13.7. The molecule has 3 rings (SSSR count). The van der Waals surface area contributed by atoms with Crippen LogP contribution in [0.25, 0.3) is 0 Å². The Morgan fingerprint density at radius 2 is 1.90 bits per heavy atom. The molecule has 0 fully saturated rings. The SMILES string of the molecule is COc1ccc(CN(c2ccc(F)cn2)S(=O)(=O)c2ccc(F)c(C#N)c2)c(C)c1. The van der Waals surface area contributed by atoms with Gasteiger partial charge in [0.1, 0.15) is 29.3 Å². The molecule has 0 aliphatic rings. The summed E-state index contributed by atoms with van der Waals surface area (Å²) in [6.45, 7) is 1.68. The largest absolute Gasteiger partial charge is 0.497 e. The van der Waals surface area contributed by atoms with Gasteiger partial charge in [0.05, 0.1) is 30.3 Å². The van der Waals surface area contributed by atoms with E-state index in [0.717, 1.165) is 40.3 Å². The zero-order chi connectivity index (χ0) is 21.9. The maximum Gasteiger partial charge on any atom is 0.265 e. The third-order valence-electron chi connectivity index (χ3n) is 4.48. The van der Waals surface area contributed by atoms with Gasteiger partial charge in [0.2, 0.25) is 0 Å². The van der Waals surface area contributed by atoms with Crippen molar-refractivity contribution in [2.45, 2.75) is 18.4 Å². The van der Waals surface area contributed by atoms with Crippen LogP contribution in [0.5, 0.6) is 5.75 Å². The van der Waals surface area contributed by atoms with Crippen LogP contribution in [0.2, 0.25) is 0 Å². The molecule has 0 spiro atoms. The van der Waals surface area contributed by atoms with Crippen molar-refractivity contribution in [3.8, 4) is 11.8 Å². The van der Waals surface area contributed by atoms with Gasteiger partial charge in [0.25, 0.3) is 10.0 Å². The number of ether oxygens (including phenoxy) is 1. The molecule has 0 aliphatic carbocycles. The highest BCUT2D eigenvalue weighted by molar-refractivity contribution is 7.92. The number of benzene rings is 2. The molecule has 3 aromatic rings. The fourth-order valence-corrected chi connectivity index (χ4v) is 4.23. The molecule has 0 unspecified atom stereocenters. The van der Waals surface area contributed by atoms with E-state index in [2.05, 4.69) is 4.98 Å². The van der Waals surface area contributed by atoms with Crippen LogP contribution in [0.1, 0.15) is 16.7 Å². The Balaban J connectivity index is 2.12. The maximum absolute atomic E-state index is 13.7. The highest BCUT2D eigenvalue weighted by Gasteiger charge is 2.28. The molecule has 0 atom stereocenters. The number of aromatic nitrogens is 1. The average molecular weight is 429 g/mol. The standard InChI is InChI=1S/C21H17F2N3O3S/c1-14-9-18(29-2)5-3-15(14)13-26(21-8-4-17(22)12-25-21)30(27,28)19-6-7-20(23)16(10-19)11-24/h3-10,12H,13H2,1-2H3. The second-order valence-electron chi connectivity index (χ2n) is 6.39. The molecule has 9 heteroatoms. The number of hydrogen-bond donors (Lipinski definition) is 0. The van der Waals surface area contributed by atoms with E-state index in [1.54, 1.807) is 31.2 Å². The first-order chi connectivity index (χ1) is 14.3. The molecule has 0 saturated heterocycles. The lowest BCUT2D eigenvalue weighted by Gasteiger charge is -2.24. The Kier molecular flexibility index (Phi) is 5.99. The van der Waals surface area contributed by atoms with Crippen LogP contribution in [-0.2, 0) is 16.6 Å². The van der Waals surface area contributed by atoms with E-state index in [4.69, 9.17) is 10.00 Å². The molecular weight excluding hydrogens is 412 g/mol. The van der Waals surface area contributed by atoms with Crippen LogP contribution in [0.4, 0.5) is 14.6 Å². The van der Waals surface area contributed by atoms with Crippen molar-refractivity contribution in [2.24, 2.45) is 0 Å². The van der Waals surface area contributed by atoms with Crippen molar-refractivity contribution < 1.29 is 21.9 Å². The van der Waals surface area contributed by atoms with Crippen LogP contribution in [0.15, 0.2) is 59.6 Å². The highest BCUT2D eigenvalue weighted by atomic mass is 32.2. The second kappa shape index (κ2) is 8.47. The van der Waals surface area contributed by atoms with Gasteiger partial charge in [-0.05, 0) is 60.5 Å². The van der Waals surface area contributed by atoms with E-state index in [1.807, 2.05) is 0 Å². The van der Waals surface area contributed by atoms with E-state index in [0.29, 0.717) is 11.3 Å². The van der Waals surface area contributed by atoms with Gasteiger partial charge in [-0.25, -0.2) is 26.5 Å². The van der Waals surface area contributed by atoms with Gasteiger partial charge in [-0.1, -0.05) is 6.07 Å². The van der Waals surface area contributed by atoms with Crippen molar-refractivity contribution in [3.63, 3.8) is 0 Å². The summed E-state index contributed by atoms with van der Waals surface area (Å²) in [4.78, 5) is 3.62. The van der Waals surface area contributed by atoms with Crippen molar-refractivity contribution in [1.82, 2.24) is 4.98 Å². The highest BCUT2D eigenvalue weighted by Crippen LogP contribution is 2.27. The van der Waals surface area contributed by atoms with Gasteiger partial charge in [-0.15, -0.1) is 0 Å². The van der Waals surface area contributed by atoms with Crippen LogP contribution < -0.4 is 9.04 Å². The summed E-state index contributed by atoms with van der Waals surface area (Å²) in [5, 5.41) is 9.05. The Bertz CT molecular complexity index is 1220. The summed E-state index contributed by atoms with van der Waals surface area (Å²) in [6.07, 6.45) is 0.907. The van der Waals surface area contributed by atoms with Gasteiger partial charge in [0.15, 0.2) is 0 Å². The normalized spacial score (nSPS) is 11.0. The Morgan fingerprint density at radius 1 is 1.13 bits per heavy atom. The summed E-state index contributed by atoms with van der Waals surface area (Å²) in [5.41, 5.74) is 1.03. The average Bonchev–Trinajstić information content (AvgIpc) is 2.73. The lowest BCUT2D eigenvalue weighted by Crippen LogP contribution is -2.31. The molecule has 0 N–H and O–H groups in total. The van der Waals surface area contributed by atoms with Gasteiger partial charge < -0.3 is 4.74 Å². The number of hydrogen-bond acceptors (Lipinski definition) is 5. The van der Waals surface area contributed by atoms with Crippen LogP contribution in [0, 0.1) is 29.9 Å². The quantitative estimate of drug-likeness (QED) is 0.593. The first-order valence-electron chi connectivity index (χ1n) is 8.73. The molecular formula is C21H17F2N3O3S. The lowest BCUT2D eigenvalue weighted by atomic mass is 10.1. The Labute approximate surface area is 173 Å². The summed E-state index contributed by atoms with van der Waals surface area (Å²) in [7, 11) is -2.72. The van der Waals surface area contributed by atoms with Crippen molar-refractivity contribution in [1.29, 1.82) is 5.26 Å². The van der Waals surface area contributed by atoms with Crippen molar-refractivity contribution in [2.75, 3.05) is 11.4 Å². The number of halogens is 2. The zero-order valence-electron chi connectivity index (χ0n) is 16.1. The van der Waals surface area contributed by atoms with Gasteiger partial charge in [0, 0.05) is 0 Å². The molecule has 6 nitrogen and oxygen atoms in total. The first kappa shape index (κ1) is 21.2. The van der Waals surface area contributed by atoms with Crippen LogP contribution >= 0.6 is 0 Å². The molecule has 0 amide bonds. The van der Waals surface area contributed by atoms with E-state index in [-0.39, 0.29) is 17.3 Å². The fraction of sp³-hybridized carbons (Fsp3) is 0.143. The van der Waals surface area contributed by atoms with E-state index < -0.39 is 27.2 Å². The number of anilines is 1. The minimum Gasteiger partial charge on any atom is -0.497 e. The Morgan fingerprint density at radius 3 is 2.50 bits per heavy atom. The summed E-state index contributed by atoms with van der Waals surface area (Å²) in [6, 6.07) is 12.1. The summed E-state index contributed by atoms with van der Waals surface area (Å²) >= 11 is 0. The predicted molar refractivity (Wildman–Crippen MR) is 106 cm³/mol. The smallest absolute Gasteiger partial charge is 0.265 e. The number of sulfonamides is 1. The number of nitrogens with zero attached hydrogens (tertiary/aromatic N) is 3. The number of nitriles is 1. The van der Waals surface area contributed by atoms with E-state index in [1.165, 1.54) is 13.2 Å². The summed E-state index contributed by atoms with van der Waals surface area (Å²) in [5.74, 6) is -0.851. The molecule has 0 bridgehead atoms. The topological polar surface area (TPSA) is 83.3 Å². The monoisotopic (exact) mass is 429 g/mol. The van der Waals surface area contributed by atoms with Gasteiger partial charge in [-0.3, -0.25) is 0 Å². The number of pyridine rings is 1. The second-order valence-corrected chi connectivity index (χ2v) is 8.25. The number of aryl methyl sites for hydroxylation is 1. The lowest BCUT2D eigenvalue weighted by molar-refractivity contribution is 0.414. The fourth-order valence-electron chi connectivity index (χ4n) is 2.81. The zero-order valence-corrected chi connectivity index (χ0v) is 17.0. The molecule has 0 aliphatic heterocycles. The molecule has 2 aromatic carbocycles. The number of rotatable bonds is 6. The summed E-state index contributed by atoms with van der Waals surface area (Å²) < 4.78 is 60.0. The van der Waals surface area contributed by atoms with Crippen LogP contribution in [-0.4, -0.2) is 20.5 Å². The molecule has 1 aromatic heterocycles. The van der Waals surface area contributed by atoms with Crippen molar-refractivity contribution in [3.05, 3.63) is 83.1 Å². The Hall–Kier alpha value is -3.51. The predicted octanol–water partition coefficient (Wildman–Crippen LogP) is 3.94. The molecule has 1 heterocycles. The van der Waals surface area contributed by atoms with Crippen molar-refractivity contribution >= 4 is 15.8 Å². The van der Waals surface area contributed by atoms with E-state index in [9.17, 15) is 17.2 Å². The molecule has 0 radical (unpaired) electrons. The molecule has 30 heavy (non-hydrogen) atoms. The minimum absolute atomic E-state index is 0.0190. The minimum atomic E-state index is -4.25. The molecule has 154 valence electrons. The third-order valence-corrected chi connectivity index (χ3v) is 6.22. The first-order valence-corrected chi connectivity index (χ1v) is 10.2. The van der Waals surface area contributed by atoms with Gasteiger partial charge >= 0.3 is 0 Å². The number of methoxy groups -OCH3 is 1. The van der Waals surface area contributed by atoms with Gasteiger partial charge in [-0.2, -0.15) is 5.26 Å². The van der Waals surface area contributed by atoms with E-state index >= 15 is 0 Å². The third kappa shape index (κ3) is 4.23. The van der Waals surface area contributed by atoms with Crippen LogP contribution in [0.3, 0.4) is 0 Å². The molecule has 0 saturated carbocycles.